The van der Waals surface area contributed by atoms with Crippen molar-refractivity contribution in [3.8, 4) is 16.5 Å². The third-order valence-electron chi connectivity index (χ3n) is 15.2. The van der Waals surface area contributed by atoms with E-state index in [0.717, 1.165) is 67.2 Å². The second-order valence-corrected chi connectivity index (χ2v) is 22.7. The number of carbonyl (C=O) groups is 5. The lowest BCUT2D eigenvalue weighted by atomic mass is 9.70. The number of fused-ring (bicyclic) bond motifs is 4. The number of β-amino-alcohol motifs (C(OH)–C–C–N with tert-alkyl or cyclic N) is 1. The fourth-order valence-electron chi connectivity index (χ4n) is 10.9. The summed E-state index contributed by atoms with van der Waals surface area (Å²) >= 11 is 1.57. The van der Waals surface area contributed by atoms with E-state index in [2.05, 4.69) is 74.8 Å². The zero-order chi connectivity index (χ0) is 53.3. The van der Waals surface area contributed by atoms with Crippen molar-refractivity contribution in [2.24, 2.45) is 5.41 Å². The fourth-order valence-corrected chi connectivity index (χ4v) is 11.7. The van der Waals surface area contributed by atoms with Gasteiger partial charge >= 0.3 is 0 Å². The predicted molar refractivity (Wildman–Crippen MR) is 287 cm³/mol. The molecule has 0 spiro atoms. The molecule has 18 heteroatoms. The molecule has 2 aliphatic heterocycles. The van der Waals surface area contributed by atoms with E-state index < -0.39 is 34.9 Å². The normalized spacial score (nSPS) is 17.6. The molecule has 2 fully saturated rings. The Hall–Kier alpha value is -7.23. The Bertz CT molecular complexity index is 3190. The molecule has 3 aromatic heterocycles. The highest BCUT2D eigenvalue weighted by Crippen LogP contribution is 2.46. The largest absolute Gasteiger partial charge is 0.391 e. The zero-order valence-electron chi connectivity index (χ0n) is 44.0. The van der Waals surface area contributed by atoms with Crippen molar-refractivity contribution in [1.29, 1.82) is 5.26 Å². The van der Waals surface area contributed by atoms with Crippen molar-refractivity contribution in [2.45, 2.75) is 130 Å². The van der Waals surface area contributed by atoms with Gasteiger partial charge in [-0.15, -0.1) is 16.4 Å². The number of benzene rings is 3. The maximum absolute atomic E-state index is 14.1. The number of aromatic amines is 1. The molecule has 0 radical (unpaired) electrons. The number of hydrogen-bond acceptors (Lipinski definition) is 12. The molecule has 2 saturated heterocycles. The lowest BCUT2D eigenvalue weighted by Gasteiger charge is -2.39. The monoisotopic (exact) mass is 1030 g/mol. The number of H-pyrrole nitrogens is 1. The number of anilines is 1. The molecule has 4 N–H and O–H groups in total. The van der Waals surface area contributed by atoms with Crippen LogP contribution in [0.3, 0.4) is 0 Å². The smallest absolute Gasteiger partial charge is 0.246 e. The van der Waals surface area contributed by atoms with Gasteiger partial charge in [-0.05, 0) is 84.5 Å². The number of aliphatic hydroxyl groups is 1. The van der Waals surface area contributed by atoms with E-state index in [9.17, 15) is 34.3 Å². The number of nitriles is 1. The van der Waals surface area contributed by atoms with Gasteiger partial charge in [0.25, 0.3) is 0 Å². The number of nitrogens with one attached hydrogen (secondary N) is 3. The number of aromatic nitrogens is 5. The lowest BCUT2D eigenvalue weighted by molar-refractivity contribution is -0.144. The van der Waals surface area contributed by atoms with E-state index in [4.69, 9.17) is 0 Å². The van der Waals surface area contributed by atoms with E-state index in [1.54, 1.807) is 28.2 Å². The van der Waals surface area contributed by atoms with Crippen LogP contribution in [0.25, 0.3) is 21.3 Å². The number of rotatable bonds is 16. The standard InChI is InChI=1S/C57H67N11O6S/c1-8-37-26-42-43(57(6,7)52-49(50(42)72)41-19-16-36(29-58)25-44(41)61-52)28-45(37)65-21-23-66(24-22-65)48(71)13-9-11-39-31-67(64-63-39)20-10-12-47(70)62-53(56(3,4)5)55(74)68-32-40(69)27-46(68)54(73)59-30-35-14-17-38(18-15-35)51-34(2)60-33-75-51/h14-19,25-26,28,31,33,40,46,53,61,69H,8-13,20-24,27,30,32H2,1-7H3,(H,59,73)(H,62,70)/t40-,46+,53?/m1/s1. The molecule has 0 saturated carbocycles. The minimum Gasteiger partial charge on any atom is -0.391 e. The van der Waals surface area contributed by atoms with Crippen LogP contribution in [0.4, 0.5) is 5.69 Å². The van der Waals surface area contributed by atoms with E-state index in [1.165, 1.54) is 4.90 Å². The van der Waals surface area contributed by atoms with Crippen molar-refractivity contribution in [2.75, 3.05) is 37.6 Å². The maximum atomic E-state index is 14.1. The highest BCUT2D eigenvalue weighted by molar-refractivity contribution is 7.13. The van der Waals surface area contributed by atoms with E-state index in [0.29, 0.717) is 75.1 Å². The van der Waals surface area contributed by atoms with Crippen LogP contribution < -0.4 is 15.5 Å². The Kier molecular flexibility index (Phi) is 15.1. The first-order chi connectivity index (χ1) is 35.8. The number of nitrogens with zero attached hydrogens (tertiary/aromatic N) is 8. The Balaban J connectivity index is 0.718. The summed E-state index contributed by atoms with van der Waals surface area (Å²) in [4.78, 5) is 83.2. The number of aliphatic hydroxyl groups excluding tert-OH is 1. The molecular weight excluding hydrogens is 967 g/mol. The molecule has 17 nitrogen and oxygen atoms in total. The number of thiazole rings is 1. The number of hydrogen-bond donors (Lipinski definition) is 4. The Morgan fingerprint density at radius 1 is 1.01 bits per heavy atom. The summed E-state index contributed by atoms with van der Waals surface area (Å²) in [5.74, 6) is -0.996. The first-order valence-corrected chi connectivity index (χ1v) is 27.0. The van der Waals surface area contributed by atoms with Gasteiger partial charge in [0.05, 0.1) is 45.1 Å². The number of amides is 4. The first kappa shape index (κ1) is 52.6. The SMILES string of the molecule is CCc1cc2c(cc1N1CCN(C(=O)CCCc3cn(CCCC(=O)NC(C(=O)N4C[C@H](O)C[C@H]4C(=O)NCc4ccc(-c5scnc5C)cc4)C(C)(C)C)nn3)CC1)C(C)(C)c1[nH]c3cc(C#N)ccc3c1C2=O. The van der Waals surface area contributed by atoms with Gasteiger partial charge in [-0.3, -0.25) is 28.7 Å². The minimum atomic E-state index is -0.930. The van der Waals surface area contributed by atoms with E-state index in [1.807, 2.05) is 74.6 Å². The molecule has 3 aliphatic rings. The van der Waals surface area contributed by atoms with Gasteiger partial charge in [-0.1, -0.05) is 77.1 Å². The van der Waals surface area contributed by atoms with Gasteiger partial charge in [0.1, 0.15) is 12.1 Å². The Morgan fingerprint density at radius 3 is 2.47 bits per heavy atom. The summed E-state index contributed by atoms with van der Waals surface area (Å²) in [6.07, 6.45) is 3.97. The third-order valence-corrected chi connectivity index (χ3v) is 16.2. The molecule has 392 valence electrons. The number of carbonyl (C=O) groups excluding carboxylic acids is 5. The molecule has 5 heterocycles. The maximum Gasteiger partial charge on any atom is 0.246 e. The van der Waals surface area contributed by atoms with Crippen LogP contribution in [0, 0.1) is 23.7 Å². The minimum absolute atomic E-state index is 0.00628. The highest BCUT2D eigenvalue weighted by atomic mass is 32.1. The van der Waals surface area contributed by atoms with Crippen LogP contribution in [-0.2, 0) is 50.5 Å². The molecule has 3 atom stereocenters. The first-order valence-electron chi connectivity index (χ1n) is 26.1. The van der Waals surface area contributed by atoms with Crippen LogP contribution >= 0.6 is 11.3 Å². The number of likely N-dealkylation sites (tertiary alicyclic amines) is 1. The molecule has 75 heavy (non-hydrogen) atoms. The van der Waals surface area contributed by atoms with Gasteiger partial charge in [-0.25, -0.2) is 4.98 Å². The molecule has 0 bridgehead atoms. The van der Waals surface area contributed by atoms with Crippen LogP contribution in [0.2, 0.25) is 0 Å². The molecular formula is C57H67N11O6S. The quantitative estimate of drug-likeness (QED) is 0.0793. The van der Waals surface area contributed by atoms with E-state index >= 15 is 0 Å². The Morgan fingerprint density at radius 2 is 1.77 bits per heavy atom. The van der Waals surface area contributed by atoms with Crippen molar-refractivity contribution in [1.82, 2.24) is 45.4 Å². The van der Waals surface area contributed by atoms with Crippen LogP contribution in [-0.4, -0.2) is 120 Å². The molecule has 1 unspecified atom stereocenters. The van der Waals surface area contributed by atoms with Crippen molar-refractivity contribution >= 4 is 57.3 Å². The topological polar surface area (TPSA) is 223 Å². The summed E-state index contributed by atoms with van der Waals surface area (Å²) < 4.78 is 1.69. The lowest BCUT2D eigenvalue weighted by Crippen LogP contribution is -2.57. The van der Waals surface area contributed by atoms with Crippen LogP contribution in [0.15, 0.2) is 66.3 Å². The van der Waals surface area contributed by atoms with Gasteiger partial charge < -0.3 is 35.4 Å². The summed E-state index contributed by atoms with van der Waals surface area (Å²) in [6.45, 7) is 17.1. The zero-order valence-corrected chi connectivity index (χ0v) is 44.8. The van der Waals surface area contributed by atoms with Crippen molar-refractivity contribution in [3.63, 3.8) is 0 Å². The van der Waals surface area contributed by atoms with Gasteiger partial charge in [0.15, 0.2) is 5.78 Å². The predicted octanol–water partition coefficient (Wildman–Crippen LogP) is 6.76. The average molecular weight is 1030 g/mol. The van der Waals surface area contributed by atoms with E-state index in [-0.39, 0.29) is 49.4 Å². The fraction of sp³-hybridized carbons (Fsp3) is 0.456. The van der Waals surface area contributed by atoms with Gasteiger partial charge in [0.2, 0.25) is 23.6 Å². The Labute approximate surface area is 441 Å². The second-order valence-electron chi connectivity index (χ2n) is 21.8. The molecule has 3 aromatic carbocycles. The number of piperazine rings is 1. The second kappa shape index (κ2) is 21.5. The molecule has 6 aromatic rings. The van der Waals surface area contributed by atoms with Gasteiger partial charge in [0, 0.05) is 105 Å². The van der Waals surface area contributed by atoms with Gasteiger partial charge in [-0.2, -0.15) is 5.26 Å². The van der Waals surface area contributed by atoms with Crippen molar-refractivity contribution < 1.29 is 29.1 Å². The summed E-state index contributed by atoms with van der Waals surface area (Å²) in [5, 5.41) is 35.4. The summed E-state index contributed by atoms with van der Waals surface area (Å²) in [7, 11) is 0. The average Bonchev–Trinajstić information content (AvgIpc) is 4.24. The summed E-state index contributed by atoms with van der Waals surface area (Å²) in [6, 6.07) is 18.0. The molecule has 1 aliphatic carbocycles. The number of aryl methyl sites for hydroxylation is 4. The molecule has 4 amide bonds. The van der Waals surface area contributed by atoms with Crippen molar-refractivity contribution in [3.05, 3.63) is 117 Å². The number of ketones is 1. The van der Waals surface area contributed by atoms with Crippen LogP contribution in [0.1, 0.15) is 129 Å². The summed E-state index contributed by atoms with van der Waals surface area (Å²) in [5.41, 5.74) is 11.0. The van der Waals surface area contributed by atoms with Crippen LogP contribution in [0.5, 0.6) is 0 Å². The molecule has 9 rings (SSSR count). The third kappa shape index (κ3) is 11.0. The highest BCUT2D eigenvalue weighted by Gasteiger charge is 2.45.